The number of carbonyl (C=O) groups is 1. The number of nitrogens with one attached hydrogen (secondary N) is 1. The van der Waals surface area contributed by atoms with Gasteiger partial charge in [0.25, 0.3) is 0 Å². The molecular weight excluding hydrogens is 208 g/mol. The first-order chi connectivity index (χ1) is 7.72. The first-order valence-corrected chi connectivity index (χ1v) is 5.92. The number of amides is 1. The van der Waals surface area contributed by atoms with Gasteiger partial charge in [-0.15, -0.1) is 0 Å². The molecule has 92 valence electrons. The molecule has 0 bridgehead atoms. The molecule has 3 atom stereocenters. The van der Waals surface area contributed by atoms with E-state index in [0.29, 0.717) is 13.1 Å². The average molecular weight is 228 g/mol. The van der Waals surface area contributed by atoms with Crippen molar-refractivity contribution < 1.29 is 14.6 Å². The highest BCUT2D eigenvalue weighted by atomic mass is 16.5. The van der Waals surface area contributed by atoms with Gasteiger partial charge in [0.1, 0.15) is 6.10 Å². The van der Waals surface area contributed by atoms with Crippen molar-refractivity contribution >= 4 is 5.91 Å². The highest BCUT2D eigenvalue weighted by molar-refractivity contribution is 5.79. The molecule has 2 fully saturated rings. The summed E-state index contributed by atoms with van der Waals surface area (Å²) in [5, 5.41) is 12.9. The predicted octanol–water partition coefficient (Wildman–Crippen LogP) is -0.796. The van der Waals surface area contributed by atoms with Gasteiger partial charge >= 0.3 is 0 Å². The van der Waals surface area contributed by atoms with E-state index in [2.05, 4.69) is 5.32 Å². The zero-order valence-corrected chi connectivity index (χ0v) is 9.69. The van der Waals surface area contributed by atoms with E-state index in [4.69, 9.17) is 4.74 Å². The number of methoxy groups -OCH3 is 1. The smallest absolute Gasteiger partial charge is 0.227 e. The Hall–Kier alpha value is -0.650. The van der Waals surface area contributed by atoms with E-state index in [1.165, 1.54) is 0 Å². The van der Waals surface area contributed by atoms with E-state index in [9.17, 15) is 9.90 Å². The number of hydrogen-bond donors (Lipinski definition) is 2. The second-order valence-corrected chi connectivity index (χ2v) is 4.63. The SMILES string of the molecule is CO[C@@H]1CN(C(=O)[C@H]2CCCNC2)C[C@H]1O. The third-order valence-corrected chi connectivity index (χ3v) is 3.50. The summed E-state index contributed by atoms with van der Waals surface area (Å²) in [6.07, 6.45) is 1.25. The molecule has 0 radical (unpaired) electrons. The molecule has 2 heterocycles. The molecule has 0 aromatic carbocycles. The van der Waals surface area contributed by atoms with Gasteiger partial charge in [0.05, 0.1) is 12.0 Å². The number of ether oxygens (including phenoxy) is 1. The molecule has 5 nitrogen and oxygen atoms in total. The van der Waals surface area contributed by atoms with Gasteiger partial charge < -0.3 is 20.1 Å². The zero-order chi connectivity index (χ0) is 11.5. The Morgan fingerprint density at radius 1 is 1.50 bits per heavy atom. The van der Waals surface area contributed by atoms with E-state index in [-0.39, 0.29) is 17.9 Å². The average Bonchev–Trinajstić information content (AvgIpc) is 2.71. The Labute approximate surface area is 95.8 Å². The summed E-state index contributed by atoms with van der Waals surface area (Å²) >= 11 is 0. The number of rotatable bonds is 2. The van der Waals surface area contributed by atoms with E-state index in [1.807, 2.05) is 0 Å². The van der Waals surface area contributed by atoms with E-state index >= 15 is 0 Å². The van der Waals surface area contributed by atoms with Crippen molar-refractivity contribution in [1.82, 2.24) is 10.2 Å². The van der Waals surface area contributed by atoms with Crippen LogP contribution in [-0.4, -0.2) is 61.4 Å². The molecule has 16 heavy (non-hydrogen) atoms. The Morgan fingerprint density at radius 2 is 2.31 bits per heavy atom. The Bertz CT molecular complexity index is 254. The standard InChI is InChI=1S/C11H20N2O3/c1-16-10-7-13(6-9(10)14)11(15)8-3-2-4-12-5-8/h8-10,12,14H,2-7H2,1H3/t8-,9+,10+/m0/s1. The quantitative estimate of drug-likeness (QED) is 0.650. The number of β-amino-alcohol motifs (C(OH)–C–C–N with tert-alkyl or cyclic N) is 1. The third-order valence-electron chi connectivity index (χ3n) is 3.50. The second-order valence-electron chi connectivity index (χ2n) is 4.63. The second kappa shape index (κ2) is 5.12. The molecular formula is C11H20N2O3. The molecule has 0 aliphatic carbocycles. The fourth-order valence-electron chi connectivity index (χ4n) is 2.49. The number of likely N-dealkylation sites (tertiary alicyclic amines) is 1. The first kappa shape index (κ1) is 11.8. The predicted molar refractivity (Wildman–Crippen MR) is 59.0 cm³/mol. The van der Waals surface area contributed by atoms with Crippen LogP contribution in [0.2, 0.25) is 0 Å². The van der Waals surface area contributed by atoms with Gasteiger partial charge in [-0.05, 0) is 19.4 Å². The molecule has 1 amide bonds. The molecule has 0 aromatic heterocycles. The number of aliphatic hydroxyl groups is 1. The molecule has 2 aliphatic heterocycles. The Balaban J connectivity index is 1.90. The van der Waals surface area contributed by atoms with Crippen molar-refractivity contribution in [3.05, 3.63) is 0 Å². The van der Waals surface area contributed by atoms with Crippen LogP contribution >= 0.6 is 0 Å². The molecule has 0 unspecified atom stereocenters. The largest absolute Gasteiger partial charge is 0.388 e. The molecule has 5 heteroatoms. The van der Waals surface area contributed by atoms with Crippen molar-refractivity contribution in [2.45, 2.75) is 25.0 Å². The van der Waals surface area contributed by atoms with Gasteiger partial charge in [0.2, 0.25) is 5.91 Å². The Morgan fingerprint density at radius 3 is 2.88 bits per heavy atom. The zero-order valence-electron chi connectivity index (χ0n) is 9.69. The highest BCUT2D eigenvalue weighted by Gasteiger charge is 2.36. The van der Waals surface area contributed by atoms with Gasteiger partial charge in [0, 0.05) is 26.7 Å². The van der Waals surface area contributed by atoms with Crippen LogP contribution < -0.4 is 5.32 Å². The summed E-state index contributed by atoms with van der Waals surface area (Å²) in [5.74, 6) is 0.238. The Kier molecular flexibility index (Phi) is 3.78. The summed E-state index contributed by atoms with van der Waals surface area (Å²) < 4.78 is 5.13. The summed E-state index contributed by atoms with van der Waals surface area (Å²) in [6.45, 7) is 2.71. The minimum absolute atomic E-state index is 0.0801. The third kappa shape index (κ3) is 2.36. The van der Waals surface area contributed by atoms with Crippen molar-refractivity contribution in [2.24, 2.45) is 5.92 Å². The summed E-state index contributed by atoms with van der Waals surface area (Å²) in [7, 11) is 1.57. The summed E-state index contributed by atoms with van der Waals surface area (Å²) in [5.41, 5.74) is 0. The van der Waals surface area contributed by atoms with Crippen LogP contribution in [0.15, 0.2) is 0 Å². The van der Waals surface area contributed by atoms with E-state index < -0.39 is 6.10 Å². The molecule has 2 saturated heterocycles. The maximum Gasteiger partial charge on any atom is 0.227 e. The molecule has 0 aromatic rings. The monoisotopic (exact) mass is 228 g/mol. The van der Waals surface area contributed by atoms with Gasteiger partial charge in [-0.1, -0.05) is 0 Å². The molecule has 2 N–H and O–H groups in total. The van der Waals surface area contributed by atoms with Gasteiger partial charge in [0.15, 0.2) is 0 Å². The van der Waals surface area contributed by atoms with Crippen LogP contribution in [0.25, 0.3) is 0 Å². The minimum atomic E-state index is -0.537. The van der Waals surface area contributed by atoms with Gasteiger partial charge in [-0.2, -0.15) is 0 Å². The van der Waals surface area contributed by atoms with Crippen molar-refractivity contribution in [1.29, 1.82) is 0 Å². The normalized spacial score (nSPS) is 35.4. The van der Waals surface area contributed by atoms with E-state index in [1.54, 1.807) is 12.0 Å². The first-order valence-electron chi connectivity index (χ1n) is 5.92. The van der Waals surface area contributed by atoms with Crippen molar-refractivity contribution in [3.63, 3.8) is 0 Å². The fourth-order valence-corrected chi connectivity index (χ4v) is 2.49. The van der Waals surface area contributed by atoms with Crippen molar-refractivity contribution in [2.75, 3.05) is 33.3 Å². The maximum atomic E-state index is 12.1. The number of nitrogens with zero attached hydrogens (tertiary/aromatic N) is 1. The summed E-state index contributed by atoms with van der Waals surface area (Å²) in [6, 6.07) is 0. The van der Waals surface area contributed by atoms with Crippen LogP contribution in [0.5, 0.6) is 0 Å². The highest BCUT2D eigenvalue weighted by Crippen LogP contribution is 2.19. The number of aliphatic hydroxyl groups excluding tert-OH is 1. The van der Waals surface area contributed by atoms with Gasteiger partial charge in [-0.25, -0.2) is 0 Å². The molecule has 2 aliphatic rings. The van der Waals surface area contributed by atoms with Crippen LogP contribution in [-0.2, 0) is 9.53 Å². The minimum Gasteiger partial charge on any atom is -0.388 e. The lowest BCUT2D eigenvalue weighted by atomic mass is 9.98. The number of carbonyl (C=O) groups excluding carboxylic acids is 1. The topological polar surface area (TPSA) is 61.8 Å². The lowest BCUT2D eigenvalue weighted by molar-refractivity contribution is -0.135. The van der Waals surface area contributed by atoms with E-state index in [0.717, 1.165) is 25.9 Å². The lowest BCUT2D eigenvalue weighted by Gasteiger charge is -2.26. The van der Waals surface area contributed by atoms with Gasteiger partial charge in [-0.3, -0.25) is 4.79 Å². The molecule has 2 rings (SSSR count). The molecule has 0 saturated carbocycles. The number of piperidine rings is 1. The van der Waals surface area contributed by atoms with Crippen LogP contribution in [0.3, 0.4) is 0 Å². The fraction of sp³-hybridized carbons (Fsp3) is 0.909. The van der Waals surface area contributed by atoms with Crippen molar-refractivity contribution in [3.8, 4) is 0 Å². The van der Waals surface area contributed by atoms with Crippen LogP contribution in [0, 0.1) is 5.92 Å². The lowest BCUT2D eigenvalue weighted by Crippen LogP contribution is -2.42. The molecule has 0 spiro atoms. The van der Waals surface area contributed by atoms with Crippen LogP contribution in [0.4, 0.5) is 0 Å². The van der Waals surface area contributed by atoms with Crippen LogP contribution in [0.1, 0.15) is 12.8 Å². The number of hydrogen-bond acceptors (Lipinski definition) is 4. The maximum absolute atomic E-state index is 12.1. The summed E-state index contributed by atoms with van der Waals surface area (Å²) in [4.78, 5) is 13.9.